The van der Waals surface area contributed by atoms with E-state index in [0.717, 1.165) is 32.2 Å². The molecule has 1 rings (SSSR count). The van der Waals surface area contributed by atoms with Gasteiger partial charge in [-0.3, -0.25) is 4.79 Å². The Morgan fingerprint density at radius 2 is 2.07 bits per heavy atom. The lowest BCUT2D eigenvalue weighted by Crippen LogP contribution is -2.41. The molecule has 0 spiro atoms. The van der Waals surface area contributed by atoms with Gasteiger partial charge in [-0.05, 0) is 38.5 Å². The van der Waals surface area contributed by atoms with Gasteiger partial charge in [-0.1, -0.05) is 0 Å². The number of hydrogen-bond acceptors (Lipinski definition) is 3. The molecule has 0 radical (unpaired) electrons. The van der Waals surface area contributed by atoms with Crippen molar-refractivity contribution in [1.82, 2.24) is 5.32 Å². The van der Waals surface area contributed by atoms with Crippen LogP contribution in [-0.4, -0.2) is 31.7 Å². The number of rotatable bonds is 4. The van der Waals surface area contributed by atoms with Crippen molar-refractivity contribution in [2.45, 2.75) is 44.8 Å². The Morgan fingerprint density at radius 1 is 1.47 bits per heavy atom. The first-order valence-electron chi connectivity index (χ1n) is 5.69. The molecule has 0 bridgehead atoms. The lowest BCUT2D eigenvalue weighted by molar-refractivity contribution is -0.122. The molecule has 4 nitrogen and oxygen atoms in total. The normalized spacial score (nSPS) is 28.5. The molecule has 1 aliphatic carbocycles. The van der Waals surface area contributed by atoms with E-state index in [1.165, 1.54) is 0 Å². The third kappa shape index (κ3) is 4.18. The minimum atomic E-state index is -0.402. The molecule has 1 aliphatic rings. The molecule has 0 heterocycles. The molecule has 0 aliphatic heterocycles. The van der Waals surface area contributed by atoms with Crippen molar-refractivity contribution in [3.05, 3.63) is 0 Å². The maximum Gasteiger partial charge on any atom is 0.236 e. The number of methoxy groups -OCH3 is 1. The molecular weight excluding hydrogens is 192 g/mol. The fourth-order valence-corrected chi connectivity index (χ4v) is 1.98. The molecule has 3 N–H and O–H groups in total. The second kappa shape index (κ2) is 6.08. The van der Waals surface area contributed by atoms with Crippen LogP contribution in [-0.2, 0) is 9.53 Å². The van der Waals surface area contributed by atoms with Crippen molar-refractivity contribution < 1.29 is 9.53 Å². The maximum absolute atomic E-state index is 11.2. The molecule has 0 aromatic rings. The van der Waals surface area contributed by atoms with E-state index >= 15 is 0 Å². The predicted molar refractivity (Wildman–Crippen MR) is 59.4 cm³/mol. The highest BCUT2D eigenvalue weighted by Gasteiger charge is 2.21. The summed E-state index contributed by atoms with van der Waals surface area (Å²) in [6.07, 6.45) is 4.91. The van der Waals surface area contributed by atoms with E-state index in [-0.39, 0.29) is 5.91 Å². The Hall–Kier alpha value is -0.610. The van der Waals surface area contributed by atoms with Gasteiger partial charge >= 0.3 is 0 Å². The van der Waals surface area contributed by atoms with Crippen LogP contribution in [0.2, 0.25) is 0 Å². The molecule has 0 unspecified atom stereocenters. The van der Waals surface area contributed by atoms with Crippen LogP contribution in [0.3, 0.4) is 0 Å². The second-order valence-corrected chi connectivity index (χ2v) is 4.41. The summed E-state index contributed by atoms with van der Waals surface area (Å²) in [4.78, 5) is 11.2. The van der Waals surface area contributed by atoms with E-state index in [2.05, 4.69) is 5.32 Å². The van der Waals surface area contributed by atoms with E-state index in [4.69, 9.17) is 10.5 Å². The van der Waals surface area contributed by atoms with Crippen molar-refractivity contribution >= 4 is 5.91 Å². The van der Waals surface area contributed by atoms with Crippen molar-refractivity contribution in [3.63, 3.8) is 0 Å². The Morgan fingerprint density at radius 3 is 2.53 bits per heavy atom. The van der Waals surface area contributed by atoms with Crippen LogP contribution in [0.1, 0.15) is 32.6 Å². The number of carbonyl (C=O) groups excluding carboxylic acids is 1. The summed E-state index contributed by atoms with van der Waals surface area (Å²) in [6.45, 7) is 2.47. The molecular formula is C11H22N2O2. The van der Waals surface area contributed by atoms with Crippen LogP contribution in [0.4, 0.5) is 0 Å². The van der Waals surface area contributed by atoms with Crippen LogP contribution in [0.5, 0.6) is 0 Å². The summed E-state index contributed by atoms with van der Waals surface area (Å²) < 4.78 is 5.30. The molecule has 1 amide bonds. The first-order chi connectivity index (χ1) is 7.13. The predicted octanol–water partition coefficient (Wildman–Crippen LogP) is 0.655. The highest BCUT2D eigenvalue weighted by atomic mass is 16.5. The van der Waals surface area contributed by atoms with Crippen LogP contribution in [0.15, 0.2) is 0 Å². The van der Waals surface area contributed by atoms with E-state index in [1.807, 2.05) is 0 Å². The summed E-state index contributed by atoms with van der Waals surface area (Å²) in [7, 11) is 1.77. The first-order valence-corrected chi connectivity index (χ1v) is 5.69. The first kappa shape index (κ1) is 12.5. The molecule has 88 valence electrons. The number of amides is 1. The van der Waals surface area contributed by atoms with Crippen molar-refractivity contribution in [2.24, 2.45) is 11.7 Å². The molecule has 1 fully saturated rings. The fraction of sp³-hybridized carbons (Fsp3) is 0.909. The van der Waals surface area contributed by atoms with Gasteiger partial charge in [0.05, 0.1) is 12.1 Å². The third-order valence-corrected chi connectivity index (χ3v) is 3.11. The second-order valence-electron chi connectivity index (χ2n) is 4.41. The number of ether oxygens (including phenoxy) is 1. The zero-order valence-corrected chi connectivity index (χ0v) is 9.66. The highest BCUT2D eigenvalue weighted by molar-refractivity contribution is 5.80. The number of hydrogen-bond donors (Lipinski definition) is 2. The van der Waals surface area contributed by atoms with E-state index in [1.54, 1.807) is 14.0 Å². The van der Waals surface area contributed by atoms with Gasteiger partial charge < -0.3 is 15.8 Å². The maximum atomic E-state index is 11.2. The van der Waals surface area contributed by atoms with Gasteiger partial charge in [-0.25, -0.2) is 0 Å². The van der Waals surface area contributed by atoms with Crippen LogP contribution in [0.25, 0.3) is 0 Å². The van der Waals surface area contributed by atoms with Crippen LogP contribution in [0, 0.1) is 5.92 Å². The quantitative estimate of drug-likeness (QED) is 0.722. The lowest BCUT2D eigenvalue weighted by Gasteiger charge is -2.27. The summed E-state index contributed by atoms with van der Waals surface area (Å²) >= 11 is 0. The molecule has 4 heteroatoms. The third-order valence-electron chi connectivity index (χ3n) is 3.11. The monoisotopic (exact) mass is 214 g/mol. The van der Waals surface area contributed by atoms with Crippen LogP contribution < -0.4 is 11.1 Å². The summed E-state index contributed by atoms with van der Waals surface area (Å²) in [5.41, 5.74) is 5.46. The van der Waals surface area contributed by atoms with E-state index in [0.29, 0.717) is 12.0 Å². The number of carbonyl (C=O) groups is 1. The average molecular weight is 214 g/mol. The molecule has 15 heavy (non-hydrogen) atoms. The van der Waals surface area contributed by atoms with E-state index in [9.17, 15) is 4.79 Å². The standard InChI is InChI=1S/C11H22N2O2/c1-8(12)11(14)13-7-9-3-5-10(15-2)6-4-9/h8-10H,3-7,12H2,1-2H3,(H,13,14)/t8-,9?,10?/m1/s1. The minimum absolute atomic E-state index is 0.0520. The Kier molecular flexibility index (Phi) is 5.05. The summed E-state index contributed by atoms with van der Waals surface area (Å²) in [6, 6.07) is -0.402. The van der Waals surface area contributed by atoms with Gasteiger partial charge in [-0.15, -0.1) is 0 Å². The van der Waals surface area contributed by atoms with Gasteiger partial charge in [0, 0.05) is 13.7 Å². The lowest BCUT2D eigenvalue weighted by atomic mass is 9.87. The summed E-state index contributed by atoms with van der Waals surface area (Å²) in [5, 5.41) is 2.88. The average Bonchev–Trinajstić information content (AvgIpc) is 2.26. The Bertz CT molecular complexity index is 199. The summed E-state index contributed by atoms with van der Waals surface area (Å²) in [5.74, 6) is 0.544. The number of nitrogens with one attached hydrogen (secondary N) is 1. The van der Waals surface area contributed by atoms with Crippen molar-refractivity contribution in [1.29, 1.82) is 0 Å². The Balaban J connectivity index is 2.16. The van der Waals surface area contributed by atoms with Crippen LogP contribution >= 0.6 is 0 Å². The van der Waals surface area contributed by atoms with Gasteiger partial charge in [0.15, 0.2) is 0 Å². The van der Waals surface area contributed by atoms with Crippen molar-refractivity contribution in [2.75, 3.05) is 13.7 Å². The number of nitrogens with two attached hydrogens (primary N) is 1. The molecule has 0 aromatic carbocycles. The minimum Gasteiger partial charge on any atom is -0.381 e. The zero-order valence-electron chi connectivity index (χ0n) is 9.66. The SMILES string of the molecule is COC1CCC(CNC(=O)[C@@H](C)N)CC1. The Labute approximate surface area is 91.5 Å². The molecule has 1 atom stereocenters. The van der Waals surface area contributed by atoms with Gasteiger partial charge in [-0.2, -0.15) is 0 Å². The molecule has 0 saturated heterocycles. The van der Waals surface area contributed by atoms with E-state index < -0.39 is 6.04 Å². The van der Waals surface area contributed by atoms with Gasteiger partial charge in [0.1, 0.15) is 0 Å². The van der Waals surface area contributed by atoms with Crippen molar-refractivity contribution in [3.8, 4) is 0 Å². The topological polar surface area (TPSA) is 64.3 Å². The molecule has 0 aromatic heterocycles. The van der Waals surface area contributed by atoms with Gasteiger partial charge in [0.2, 0.25) is 5.91 Å². The smallest absolute Gasteiger partial charge is 0.236 e. The van der Waals surface area contributed by atoms with Gasteiger partial charge in [0.25, 0.3) is 0 Å². The fourth-order valence-electron chi connectivity index (χ4n) is 1.98. The largest absolute Gasteiger partial charge is 0.381 e. The highest BCUT2D eigenvalue weighted by Crippen LogP contribution is 2.25. The zero-order chi connectivity index (χ0) is 11.3. The molecule has 1 saturated carbocycles.